The number of methoxy groups -OCH3 is 1. The van der Waals surface area contributed by atoms with E-state index in [1.165, 1.54) is 38.3 Å². The average molecular weight is 371 g/mol. The summed E-state index contributed by atoms with van der Waals surface area (Å²) in [6.07, 6.45) is 0.558. The Morgan fingerprint density at radius 1 is 1.16 bits per heavy atom. The molecule has 0 fully saturated rings. The van der Waals surface area contributed by atoms with E-state index in [4.69, 9.17) is 4.74 Å². The SMILES string of the molecule is CCS(=O)(=O)c1ccccc1C(=O)OCC(=O)NCCCC(=O)OC. The molecule has 0 spiro atoms. The maximum absolute atomic E-state index is 12.1. The molecule has 1 amide bonds. The van der Waals surface area contributed by atoms with Crippen molar-refractivity contribution in [2.45, 2.75) is 24.7 Å². The number of carbonyl (C=O) groups excluding carboxylic acids is 3. The second-order valence-electron chi connectivity index (χ2n) is 5.01. The number of rotatable bonds is 9. The summed E-state index contributed by atoms with van der Waals surface area (Å²) < 4.78 is 33.3. The molecule has 1 aromatic carbocycles. The monoisotopic (exact) mass is 371 g/mol. The molecule has 0 bridgehead atoms. The fourth-order valence-corrected chi connectivity index (χ4v) is 2.97. The number of hydrogen-bond donors (Lipinski definition) is 1. The molecule has 0 radical (unpaired) electrons. The second kappa shape index (κ2) is 9.77. The largest absolute Gasteiger partial charge is 0.469 e. The molecule has 1 aromatic rings. The van der Waals surface area contributed by atoms with E-state index in [2.05, 4.69) is 10.1 Å². The molecule has 0 heterocycles. The Balaban J connectivity index is 2.55. The maximum atomic E-state index is 12.1. The van der Waals surface area contributed by atoms with Gasteiger partial charge in [-0.1, -0.05) is 19.1 Å². The number of hydrogen-bond acceptors (Lipinski definition) is 7. The van der Waals surface area contributed by atoms with E-state index in [1.807, 2.05) is 0 Å². The zero-order valence-electron chi connectivity index (χ0n) is 14.1. The van der Waals surface area contributed by atoms with Gasteiger partial charge in [0.05, 0.1) is 23.3 Å². The van der Waals surface area contributed by atoms with Gasteiger partial charge in [0.15, 0.2) is 16.4 Å². The number of sulfone groups is 1. The van der Waals surface area contributed by atoms with Gasteiger partial charge in [-0.2, -0.15) is 0 Å². The molecular weight excluding hydrogens is 350 g/mol. The lowest BCUT2D eigenvalue weighted by Crippen LogP contribution is -2.30. The van der Waals surface area contributed by atoms with Crippen molar-refractivity contribution in [2.24, 2.45) is 0 Å². The molecule has 0 unspecified atom stereocenters. The summed E-state index contributed by atoms with van der Waals surface area (Å²) >= 11 is 0. The quantitative estimate of drug-likeness (QED) is 0.502. The minimum atomic E-state index is -3.59. The minimum Gasteiger partial charge on any atom is -0.469 e. The maximum Gasteiger partial charge on any atom is 0.339 e. The van der Waals surface area contributed by atoms with Crippen LogP contribution in [0.4, 0.5) is 0 Å². The van der Waals surface area contributed by atoms with Gasteiger partial charge in [-0.15, -0.1) is 0 Å². The molecule has 0 saturated heterocycles. The van der Waals surface area contributed by atoms with Crippen molar-refractivity contribution in [2.75, 3.05) is 26.0 Å². The first kappa shape index (κ1) is 20.6. The van der Waals surface area contributed by atoms with Gasteiger partial charge in [0.1, 0.15) is 0 Å². The smallest absolute Gasteiger partial charge is 0.339 e. The van der Waals surface area contributed by atoms with Gasteiger partial charge < -0.3 is 14.8 Å². The Bertz CT molecular complexity index is 728. The Kier molecular flexibility index (Phi) is 8.06. The van der Waals surface area contributed by atoms with Crippen LogP contribution in [0.2, 0.25) is 0 Å². The van der Waals surface area contributed by atoms with Crippen LogP contribution in [0.3, 0.4) is 0 Å². The fraction of sp³-hybridized carbons (Fsp3) is 0.438. The van der Waals surface area contributed by atoms with Crippen molar-refractivity contribution in [1.82, 2.24) is 5.32 Å². The first-order valence-corrected chi connectivity index (χ1v) is 9.29. The van der Waals surface area contributed by atoms with E-state index in [9.17, 15) is 22.8 Å². The summed E-state index contributed by atoms with van der Waals surface area (Å²) in [5.74, 6) is -1.97. The van der Waals surface area contributed by atoms with E-state index in [-0.39, 0.29) is 35.1 Å². The molecule has 138 valence electrons. The second-order valence-corrected chi connectivity index (χ2v) is 7.25. The van der Waals surface area contributed by atoms with Crippen LogP contribution >= 0.6 is 0 Å². The van der Waals surface area contributed by atoms with Gasteiger partial charge >= 0.3 is 11.9 Å². The average Bonchev–Trinajstić information content (AvgIpc) is 2.62. The number of amides is 1. The van der Waals surface area contributed by atoms with Gasteiger partial charge in [-0.3, -0.25) is 9.59 Å². The summed E-state index contributed by atoms with van der Waals surface area (Å²) in [5.41, 5.74) is -0.108. The topological polar surface area (TPSA) is 116 Å². The third-order valence-electron chi connectivity index (χ3n) is 3.26. The Morgan fingerprint density at radius 3 is 2.48 bits per heavy atom. The normalized spacial score (nSPS) is 10.8. The van der Waals surface area contributed by atoms with Crippen molar-refractivity contribution in [3.63, 3.8) is 0 Å². The molecule has 1 rings (SSSR count). The first-order valence-electron chi connectivity index (χ1n) is 7.64. The molecule has 0 aromatic heterocycles. The summed E-state index contributed by atoms with van der Waals surface area (Å²) in [7, 11) is -2.31. The fourth-order valence-electron chi connectivity index (χ4n) is 1.88. The predicted molar refractivity (Wildman–Crippen MR) is 88.7 cm³/mol. The van der Waals surface area contributed by atoms with Crippen molar-refractivity contribution >= 4 is 27.7 Å². The Morgan fingerprint density at radius 2 is 1.84 bits per heavy atom. The van der Waals surface area contributed by atoms with E-state index in [0.717, 1.165) is 0 Å². The molecule has 0 aliphatic rings. The third kappa shape index (κ3) is 6.54. The van der Waals surface area contributed by atoms with Gasteiger partial charge in [0, 0.05) is 13.0 Å². The van der Waals surface area contributed by atoms with Crippen molar-refractivity contribution < 1.29 is 32.3 Å². The third-order valence-corrected chi connectivity index (χ3v) is 5.05. The zero-order valence-corrected chi connectivity index (χ0v) is 14.9. The molecule has 8 nitrogen and oxygen atoms in total. The van der Waals surface area contributed by atoms with E-state index in [0.29, 0.717) is 6.42 Å². The van der Waals surface area contributed by atoms with Crippen LogP contribution in [0.25, 0.3) is 0 Å². The highest BCUT2D eigenvalue weighted by Gasteiger charge is 2.22. The summed E-state index contributed by atoms with van der Waals surface area (Å²) in [5, 5.41) is 2.48. The number of esters is 2. The van der Waals surface area contributed by atoms with Crippen molar-refractivity contribution in [3.8, 4) is 0 Å². The van der Waals surface area contributed by atoms with Crippen LogP contribution in [-0.4, -0.2) is 52.3 Å². The molecule has 0 atom stereocenters. The Hall–Kier alpha value is -2.42. The molecule has 1 N–H and O–H groups in total. The Labute approximate surface area is 146 Å². The summed E-state index contributed by atoms with van der Waals surface area (Å²) in [6, 6.07) is 5.67. The van der Waals surface area contributed by atoms with Crippen LogP contribution in [0.15, 0.2) is 29.2 Å². The standard InChI is InChI=1S/C16H21NO7S/c1-3-25(21,22)13-8-5-4-7-12(13)16(20)24-11-14(18)17-10-6-9-15(19)23-2/h4-5,7-8H,3,6,9-11H2,1-2H3,(H,17,18). The van der Waals surface area contributed by atoms with Crippen LogP contribution < -0.4 is 5.32 Å². The van der Waals surface area contributed by atoms with Crippen molar-refractivity contribution in [3.05, 3.63) is 29.8 Å². The van der Waals surface area contributed by atoms with Crippen LogP contribution in [-0.2, 0) is 28.9 Å². The summed E-state index contributed by atoms with van der Waals surface area (Å²) in [4.78, 5) is 34.5. The minimum absolute atomic E-state index is 0.108. The lowest BCUT2D eigenvalue weighted by molar-refractivity contribution is -0.140. The highest BCUT2D eigenvalue weighted by atomic mass is 32.2. The highest BCUT2D eigenvalue weighted by molar-refractivity contribution is 7.91. The molecule has 0 aliphatic carbocycles. The molecule has 9 heteroatoms. The molecule has 25 heavy (non-hydrogen) atoms. The van der Waals surface area contributed by atoms with Crippen LogP contribution in [0.1, 0.15) is 30.1 Å². The number of benzene rings is 1. The number of nitrogens with one attached hydrogen (secondary N) is 1. The number of ether oxygens (including phenoxy) is 2. The van der Waals surface area contributed by atoms with Crippen molar-refractivity contribution in [1.29, 1.82) is 0 Å². The molecular formula is C16H21NO7S. The van der Waals surface area contributed by atoms with E-state index < -0.39 is 28.3 Å². The van der Waals surface area contributed by atoms with Gasteiger partial charge in [-0.25, -0.2) is 13.2 Å². The zero-order chi connectivity index (χ0) is 18.9. The summed E-state index contributed by atoms with van der Waals surface area (Å²) in [6.45, 7) is 1.16. The molecule has 0 aliphatic heterocycles. The number of carbonyl (C=O) groups is 3. The first-order chi connectivity index (χ1) is 11.8. The lowest BCUT2D eigenvalue weighted by Gasteiger charge is -2.09. The van der Waals surface area contributed by atoms with E-state index in [1.54, 1.807) is 0 Å². The lowest BCUT2D eigenvalue weighted by atomic mass is 10.2. The van der Waals surface area contributed by atoms with Gasteiger partial charge in [-0.05, 0) is 18.6 Å². The molecule has 0 saturated carbocycles. The van der Waals surface area contributed by atoms with Crippen LogP contribution in [0, 0.1) is 0 Å². The highest BCUT2D eigenvalue weighted by Crippen LogP contribution is 2.17. The van der Waals surface area contributed by atoms with Gasteiger partial charge in [0.2, 0.25) is 0 Å². The predicted octanol–water partition coefficient (Wildman–Crippen LogP) is 0.706. The van der Waals surface area contributed by atoms with Crippen LogP contribution in [0.5, 0.6) is 0 Å². The van der Waals surface area contributed by atoms with Gasteiger partial charge in [0.25, 0.3) is 5.91 Å². The van der Waals surface area contributed by atoms with E-state index >= 15 is 0 Å².